The molecule has 0 aromatic carbocycles. The Morgan fingerprint density at radius 1 is 1.09 bits per heavy atom. The zero-order valence-electron chi connectivity index (χ0n) is 6.82. The molecule has 0 atom stereocenters. The van der Waals surface area contributed by atoms with E-state index in [2.05, 4.69) is 5.32 Å². The highest BCUT2D eigenvalue weighted by molar-refractivity contribution is 6.29. The van der Waals surface area contributed by atoms with Crippen LogP contribution in [0.3, 0.4) is 0 Å². The fourth-order valence-corrected chi connectivity index (χ4v) is 0.663. The second-order valence-corrected chi connectivity index (χ2v) is 3.43. The number of hydrogen-bond donors (Lipinski definition) is 1. The van der Waals surface area contributed by atoms with Crippen molar-refractivity contribution in [3.05, 3.63) is 22.2 Å². The molecule has 0 aromatic rings. The van der Waals surface area contributed by atoms with Crippen LogP contribution in [0.4, 0.5) is 0 Å². The summed E-state index contributed by atoms with van der Waals surface area (Å²) >= 11 is 11.2. The SMILES string of the molecule is CC(Cl)=CCNCC=C(C)Cl. The van der Waals surface area contributed by atoms with E-state index in [0.717, 1.165) is 23.2 Å². The van der Waals surface area contributed by atoms with Crippen LogP contribution in [0.2, 0.25) is 0 Å². The zero-order chi connectivity index (χ0) is 8.69. The lowest BCUT2D eigenvalue weighted by Gasteiger charge is -1.95. The predicted molar refractivity (Wildman–Crippen MR) is 52.1 cm³/mol. The molecule has 0 radical (unpaired) electrons. The highest BCUT2D eigenvalue weighted by atomic mass is 35.5. The maximum absolute atomic E-state index is 5.60. The maximum Gasteiger partial charge on any atom is 0.0152 e. The molecule has 0 saturated heterocycles. The molecule has 0 spiro atoms. The van der Waals surface area contributed by atoms with Crippen LogP contribution in [-0.4, -0.2) is 13.1 Å². The van der Waals surface area contributed by atoms with Crippen LogP contribution in [0.1, 0.15) is 13.8 Å². The van der Waals surface area contributed by atoms with Gasteiger partial charge < -0.3 is 5.32 Å². The maximum atomic E-state index is 5.60. The van der Waals surface area contributed by atoms with E-state index >= 15 is 0 Å². The van der Waals surface area contributed by atoms with Gasteiger partial charge in [0, 0.05) is 23.2 Å². The van der Waals surface area contributed by atoms with Gasteiger partial charge in [-0.05, 0) is 13.8 Å². The van der Waals surface area contributed by atoms with Crippen LogP contribution in [0.25, 0.3) is 0 Å². The first-order chi connectivity index (χ1) is 5.13. The lowest BCUT2D eigenvalue weighted by Crippen LogP contribution is -2.13. The second kappa shape index (κ2) is 6.71. The predicted octanol–water partition coefficient (Wildman–Crippen LogP) is 2.86. The summed E-state index contributed by atoms with van der Waals surface area (Å²) in [7, 11) is 0. The molecular formula is C8H13Cl2N. The van der Waals surface area contributed by atoms with E-state index in [9.17, 15) is 0 Å². The molecule has 0 rings (SSSR count). The number of nitrogens with one attached hydrogen (secondary N) is 1. The number of halogens is 2. The molecule has 1 N–H and O–H groups in total. The van der Waals surface area contributed by atoms with E-state index in [1.807, 2.05) is 26.0 Å². The van der Waals surface area contributed by atoms with Gasteiger partial charge >= 0.3 is 0 Å². The average molecular weight is 194 g/mol. The lowest BCUT2D eigenvalue weighted by atomic mass is 10.4. The van der Waals surface area contributed by atoms with Crippen molar-refractivity contribution in [2.45, 2.75) is 13.8 Å². The summed E-state index contributed by atoms with van der Waals surface area (Å²) in [6.07, 6.45) is 3.83. The molecule has 64 valence electrons. The van der Waals surface area contributed by atoms with E-state index in [1.54, 1.807) is 0 Å². The van der Waals surface area contributed by atoms with Crippen LogP contribution in [0.15, 0.2) is 22.2 Å². The zero-order valence-corrected chi connectivity index (χ0v) is 8.34. The molecular weight excluding hydrogens is 181 g/mol. The Morgan fingerprint density at radius 2 is 1.45 bits per heavy atom. The molecule has 0 heterocycles. The summed E-state index contributed by atoms with van der Waals surface area (Å²) < 4.78 is 0. The molecule has 0 fully saturated rings. The Hall–Kier alpha value is 0.0200. The molecule has 0 aliphatic carbocycles. The van der Waals surface area contributed by atoms with Gasteiger partial charge in [-0.1, -0.05) is 35.4 Å². The van der Waals surface area contributed by atoms with Crippen molar-refractivity contribution < 1.29 is 0 Å². The van der Waals surface area contributed by atoms with Crippen LogP contribution >= 0.6 is 23.2 Å². The Morgan fingerprint density at radius 3 is 1.73 bits per heavy atom. The Balaban J connectivity index is 3.29. The molecule has 0 aliphatic rings. The molecule has 1 nitrogen and oxygen atoms in total. The monoisotopic (exact) mass is 193 g/mol. The van der Waals surface area contributed by atoms with E-state index in [0.29, 0.717) is 0 Å². The van der Waals surface area contributed by atoms with Gasteiger partial charge in [0.15, 0.2) is 0 Å². The molecule has 3 heteroatoms. The molecule has 0 amide bonds. The highest BCUT2D eigenvalue weighted by Crippen LogP contribution is 1.96. The van der Waals surface area contributed by atoms with E-state index < -0.39 is 0 Å². The van der Waals surface area contributed by atoms with Crippen molar-refractivity contribution >= 4 is 23.2 Å². The topological polar surface area (TPSA) is 12.0 Å². The van der Waals surface area contributed by atoms with Gasteiger partial charge in [-0.25, -0.2) is 0 Å². The van der Waals surface area contributed by atoms with Crippen LogP contribution in [-0.2, 0) is 0 Å². The third-order valence-electron chi connectivity index (χ3n) is 1.06. The number of allylic oxidation sites excluding steroid dienone is 2. The third-order valence-corrected chi connectivity index (χ3v) is 1.36. The van der Waals surface area contributed by atoms with Gasteiger partial charge in [-0.15, -0.1) is 0 Å². The summed E-state index contributed by atoms with van der Waals surface area (Å²) in [5.74, 6) is 0. The summed E-state index contributed by atoms with van der Waals surface area (Å²) in [5, 5.41) is 4.75. The number of hydrogen-bond acceptors (Lipinski definition) is 1. The first kappa shape index (κ1) is 11.0. The van der Waals surface area contributed by atoms with E-state index in [-0.39, 0.29) is 0 Å². The molecule has 0 unspecified atom stereocenters. The minimum Gasteiger partial charge on any atom is -0.310 e. The smallest absolute Gasteiger partial charge is 0.0152 e. The molecule has 0 aliphatic heterocycles. The minimum absolute atomic E-state index is 0.788. The fourth-order valence-electron chi connectivity index (χ4n) is 0.509. The molecule has 0 saturated carbocycles. The van der Waals surface area contributed by atoms with Crippen molar-refractivity contribution in [2.75, 3.05) is 13.1 Å². The summed E-state index contributed by atoms with van der Waals surface area (Å²) in [6, 6.07) is 0. The van der Waals surface area contributed by atoms with E-state index in [1.165, 1.54) is 0 Å². The normalized spacial score (nSPS) is 13.8. The lowest BCUT2D eigenvalue weighted by molar-refractivity contribution is 0.839. The second-order valence-electron chi connectivity index (χ2n) is 2.24. The highest BCUT2D eigenvalue weighted by Gasteiger charge is 1.82. The Bertz CT molecular complexity index is 135. The van der Waals surface area contributed by atoms with E-state index in [4.69, 9.17) is 23.2 Å². The van der Waals surface area contributed by atoms with Crippen LogP contribution < -0.4 is 5.32 Å². The Kier molecular flexibility index (Phi) is 6.73. The van der Waals surface area contributed by atoms with Gasteiger partial charge in [0.25, 0.3) is 0 Å². The fraction of sp³-hybridized carbons (Fsp3) is 0.500. The van der Waals surface area contributed by atoms with Gasteiger partial charge in [-0.2, -0.15) is 0 Å². The van der Waals surface area contributed by atoms with Gasteiger partial charge in [0.05, 0.1) is 0 Å². The van der Waals surface area contributed by atoms with Crippen molar-refractivity contribution in [3.8, 4) is 0 Å². The van der Waals surface area contributed by atoms with Crippen LogP contribution in [0, 0.1) is 0 Å². The van der Waals surface area contributed by atoms with Gasteiger partial charge in [-0.3, -0.25) is 0 Å². The number of rotatable bonds is 4. The average Bonchev–Trinajstić information content (AvgIpc) is 1.85. The van der Waals surface area contributed by atoms with Crippen molar-refractivity contribution in [2.24, 2.45) is 0 Å². The molecule has 0 bridgehead atoms. The first-order valence-corrected chi connectivity index (χ1v) is 4.23. The quantitative estimate of drug-likeness (QED) is 0.678. The Labute approximate surface area is 78.1 Å². The van der Waals surface area contributed by atoms with Crippen LogP contribution in [0.5, 0.6) is 0 Å². The standard InChI is InChI=1S/C8H13Cl2N/c1-7(9)3-5-11-6-4-8(2)10/h3-4,11H,5-6H2,1-2H3. The molecule has 0 aromatic heterocycles. The van der Waals surface area contributed by atoms with Crippen molar-refractivity contribution in [1.29, 1.82) is 0 Å². The minimum atomic E-state index is 0.788. The molecule has 11 heavy (non-hydrogen) atoms. The summed E-state index contributed by atoms with van der Waals surface area (Å²) in [4.78, 5) is 0. The third kappa shape index (κ3) is 10.0. The summed E-state index contributed by atoms with van der Waals surface area (Å²) in [6.45, 7) is 5.28. The van der Waals surface area contributed by atoms with Gasteiger partial charge in [0.2, 0.25) is 0 Å². The summed E-state index contributed by atoms with van der Waals surface area (Å²) in [5.41, 5.74) is 0. The van der Waals surface area contributed by atoms with Crippen molar-refractivity contribution in [3.63, 3.8) is 0 Å². The first-order valence-electron chi connectivity index (χ1n) is 3.48. The van der Waals surface area contributed by atoms with Gasteiger partial charge in [0.1, 0.15) is 0 Å². The largest absolute Gasteiger partial charge is 0.310 e. The van der Waals surface area contributed by atoms with Crippen molar-refractivity contribution in [1.82, 2.24) is 5.32 Å².